The third-order valence-corrected chi connectivity index (χ3v) is 4.79. The van der Waals surface area contributed by atoms with Crippen LogP contribution in [0.15, 0.2) is 47.4 Å². The van der Waals surface area contributed by atoms with Gasteiger partial charge in [0.1, 0.15) is 5.82 Å². The SMILES string of the molecule is Cc1ccc(S(=O)(=O)Nc2ccc(CBr)cc2F)cc1. The summed E-state index contributed by atoms with van der Waals surface area (Å²) >= 11 is 3.22. The molecule has 20 heavy (non-hydrogen) atoms. The summed E-state index contributed by atoms with van der Waals surface area (Å²) in [7, 11) is -3.77. The van der Waals surface area contributed by atoms with E-state index in [0.717, 1.165) is 11.1 Å². The highest BCUT2D eigenvalue weighted by atomic mass is 79.9. The van der Waals surface area contributed by atoms with Crippen molar-refractivity contribution in [3.05, 3.63) is 59.4 Å². The van der Waals surface area contributed by atoms with Gasteiger partial charge in [0.05, 0.1) is 10.6 Å². The molecule has 0 spiro atoms. The molecule has 0 amide bonds. The molecule has 0 aliphatic rings. The molecule has 0 aliphatic carbocycles. The van der Waals surface area contributed by atoms with Gasteiger partial charge in [-0.15, -0.1) is 0 Å². The topological polar surface area (TPSA) is 46.2 Å². The summed E-state index contributed by atoms with van der Waals surface area (Å²) in [6, 6.07) is 10.7. The maximum atomic E-state index is 13.8. The summed E-state index contributed by atoms with van der Waals surface area (Å²) in [4.78, 5) is 0.104. The van der Waals surface area contributed by atoms with Crippen LogP contribution in [-0.4, -0.2) is 8.42 Å². The molecule has 106 valence electrons. The Morgan fingerprint density at radius 2 is 1.80 bits per heavy atom. The summed E-state index contributed by atoms with van der Waals surface area (Å²) in [6.45, 7) is 1.86. The number of sulfonamides is 1. The summed E-state index contributed by atoms with van der Waals surface area (Å²) < 4.78 is 40.3. The Balaban J connectivity index is 2.31. The molecule has 0 saturated heterocycles. The molecular weight excluding hydrogens is 345 g/mol. The molecule has 3 nitrogen and oxygen atoms in total. The van der Waals surface area contributed by atoms with Crippen molar-refractivity contribution in [1.82, 2.24) is 0 Å². The molecule has 1 N–H and O–H groups in total. The van der Waals surface area contributed by atoms with Gasteiger partial charge in [0.25, 0.3) is 10.0 Å². The zero-order valence-electron chi connectivity index (χ0n) is 10.7. The second-order valence-corrected chi connectivity index (χ2v) is 6.61. The summed E-state index contributed by atoms with van der Waals surface area (Å²) in [5.74, 6) is -0.599. The van der Waals surface area contributed by atoms with Crippen molar-refractivity contribution in [2.45, 2.75) is 17.1 Å². The number of hydrogen-bond donors (Lipinski definition) is 1. The van der Waals surface area contributed by atoms with Crippen LogP contribution < -0.4 is 4.72 Å². The van der Waals surface area contributed by atoms with Gasteiger partial charge in [-0.05, 0) is 36.8 Å². The largest absolute Gasteiger partial charge is 0.277 e. The second-order valence-electron chi connectivity index (χ2n) is 4.37. The van der Waals surface area contributed by atoms with Crippen LogP contribution >= 0.6 is 15.9 Å². The molecule has 0 aromatic heterocycles. The van der Waals surface area contributed by atoms with Crippen LogP contribution in [0, 0.1) is 12.7 Å². The van der Waals surface area contributed by atoms with Gasteiger partial charge in [0, 0.05) is 5.33 Å². The van der Waals surface area contributed by atoms with Crippen LogP contribution in [-0.2, 0) is 15.4 Å². The first kappa shape index (κ1) is 15.0. The molecule has 0 saturated carbocycles. The first-order chi connectivity index (χ1) is 9.42. The van der Waals surface area contributed by atoms with Crippen LogP contribution in [0.5, 0.6) is 0 Å². The lowest BCUT2D eigenvalue weighted by Crippen LogP contribution is -2.14. The molecule has 0 unspecified atom stereocenters. The van der Waals surface area contributed by atoms with Crippen LogP contribution in [0.3, 0.4) is 0 Å². The van der Waals surface area contributed by atoms with Crippen molar-refractivity contribution in [3.63, 3.8) is 0 Å². The Morgan fingerprint density at radius 1 is 1.15 bits per heavy atom. The second kappa shape index (κ2) is 5.93. The minimum absolute atomic E-state index is 0.0599. The van der Waals surface area contributed by atoms with Crippen molar-refractivity contribution in [3.8, 4) is 0 Å². The molecule has 0 radical (unpaired) electrons. The number of rotatable bonds is 4. The lowest BCUT2D eigenvalue weighted by Gasteiger charge is -2.10. The Kier molecular flexibility index (Phi) is 4.45. The molecule has 0 heterocycles. The maximum absolute atomic E-state index is 13.8. The Hall–Kier alpha value is -1.40. The van der Waals surface area contributed by atoms with Gasteiger partial charge >= 0.3 is 0 Å². The van der Waals surface area contributed by atoms with Gasteiger partial charge in [0.15, 0.2) is 0 Å². The van der Waals surface area contributed by atoms with Crippen molar-refractivity contribution in [1.29, 1.82) is 0 Å². The van der Waals surface area contributed by atoms with Gasteiger partial charge in [-0.3, -0.25) is 4.72 Å². The summed E-state index contributed by atoms with van der Waals surface area (Å²) in [5.41, 5.74) is 1.63. The highest BCUT2D eigenvalue weighted by molar-refractivity contribution is 9.08. The van der Waals surface area contributed by atoms with E-state index in [-0.39, 0.29) is 10.6 Å². The lowest BCUT2D eigenvalue weighted by molar-refractivity contribution is 0.598. The number of anilines is 1. The Labute approximate surface area is 126 Å². The van der Waals surface area contributed by atoms with Gasteiger partial charge in [0.2, 0.25) is 0 Å². The maximum Gasteiger partial charge on any atom is 0.261 e. The third kappa shape index (κ3) is 3.37. The van der Waals surface area contributed by atoms with Gasteiger partial charge in [-0.1, -0.05) is 39.7 Å². The van der Waals surface area contributed by atoms with E-state index in [0.29, 0.717) is 5.33 Å². The average Bonchev–Trinajstić information content (AvgIpc) is 2.41. The van der Waals surface area contributed by atoms with E-state index in [4.69, 9.17) is 0 Å². The Bertz CT molecular complexity index is 714. The van der Waals surface area contributed by atoms with Crippen molar-refractivity contribution in [2.24, 2.45) is 0 Å². The van der Waals surface area contributed by atoms with E-state index in [1.165, 1.54) is 24.3 Å². The molecule has 0 aliphatic heterocycles. The smallest absolute Gasteiger partial charge is 0.261 e. The van der Waals surface area contributed by atoms with E-state index in [1.807, 2.05) is 6.92 Å². The van der Waals surface area contributed by atoms with E-state index >= 15 is 0 Å². The minimum Gasteiger partial charge on any atom is -0.277 e. The van der Waals surface area contributed by atoms with E-state index < -0.39 is 15.8 Å². The molecule has 2 rings (SSSR count). The number of hydrogen-bond acceptors (Lipinski definition) is 2. The number of aryl methyl sites for hydroxylation is 1. The first-order valence-corrected chi connectivity index (χ1v) is 8.47. The molecule has 0 atom stereocenters. The van der Waals surface area contributed by atoms with Gasteiger partial charge in [-0.2, -0.15) is 0 Å². The zero-order chi connectivity index (χ0) is 14.8. The number of benzene rings is 2. The molecule has 0 bridgehead atoms. The highest BCUT2D eigenvalue weighted by Gasteiger charge is 2.16. The van der Waals surface area contributed by atoms with Crippen LogP contribution in [0.1, 0.15) is 11.1 Å². The molecule has 6 heteroatoms. The number of halogens is 2. The fourth-order valence-electron chi connectivity index (χ4n) is 1.65. The predicted octanol–water partition coefficient (Wildman–Crippen LogP) is 3.83. The fraction of sp³-hybridized carbons (Fsp3) is 0.143. The van der Waals surface area contributed by atoms with Gasteiger partial charge < -0.3 is 0 Å². The van der Waals surface area contributed by atoms with Crippen LogP contribution in [0.4, 0.5) is 10.1 Å². The van der Waals surface area contributed by atoms with E-state index in [2.05, 4.69) is 20.7 Å². The monoisotopic (exact) mass is 357 g/mol. The number of alkyl halides is 1. The predicted molar refractivity (Wildman–Crippen MR) is 81.0 cm³/mol. The van der Waals surface area contributed by atoms with Crippen molar-refractivity contribution in [2.75, 3.05) is 4.72 Å². The zero-order valence-corrected chi connectivity index (χ0v) is 13.1. The number of nitrogens with one attached hydrogen (secondary N) is 1. The fourth-order valence-corrected chi connectivity index (χ4v) is 3.06. The minimum atomic E-state index is -3.77. The Morgan fingerprint density at radius 3 is 2.35 bits per heavy atom. The molecule has 0 fully saturated rings. The normalized spacial score (nSPS) is 11.3. The van der Waals surface area contributed by atoms with E-state index in [9.17, 15) is 12.8 Å². The summed E-state index contributed by atoms with van der Waals surface area (Å²) in [6.07, 6.45) is 0. The quantitative estimate of drug-likeness (QED) is 0.845. The molecular formula is C14H13BrFNO2S. The lowest BCUT2D eigenvalue weighted by atomic mass is 10.2. The highest BCUT2D eigenvalue weighted by Crippen LogP contribution is 2.21. The molecule has 2 aromatic carbocycles. The third-order valence-electron chi connectivity index (χ3n) is 2.76. The standard InChI is InChI=1S/C14H13BrFNO2S/c1-10-2-5-12(6-3-10)20(18,19)17-14-7-4-11(9-15)8-13(14)16/h2-8,17H,9H2,1H3. The van der Waals surface area contributed by atoms with Gasteiger partial charge in [-0.25, -0.2) is 12.8 Å². The first-order valence-electron chi connectivity index (χ1n) is 5.86. The van der Waals surface area contributed by atoms with Crippen LogP contribution in [0.25, 0.3) is 0 Å². The van der Waals surface area contributed by atoms with Crippen molar-refractivity contribution < 1.29 is 12.8 Å². The van der Waals surface area contributed by atoms with Crippen LogP contribution in [0.2, 0.25) is 0 Å². The average molecular weight is 358 g/mol. The van der Waals surface area contributed by atoms with E-state index in [1.54, 1.807) is 18.2 Å². The van der Waals surface area contributed by atoms with Crippen molar-refractivity contribution >= 4 is 31.6 Å². The summed E-state index contributed by atoms with van der Waals surface area (Å²) in [5, 5.41) is 0.509. The molecule has 2 aromatic rings.